The molecule has 0 saturated carbocycles. The van der Waals surface area contributed by atoms with Gasteiger partial charge >= 0.3 is 17.9 Å². The van der Waals surface area contributed by atoms with Gasteiger partial charge in [0.1, 0.15) is 18.3 Å². The van der Waals surface area contributed by atoms with Gasteiger partial charge in [0.2, 0.25) is 0 Å². The Bertz CT molecular complexity index is 1130. The van der Waals surface area contributed by atoms with E-state index in [2.05, 4.69) is 19.6 Å². The van der Waals surface area contributed by atoms with Crippen LogP contribution in [0.4, 0.5) is 0 Å². The largest absolute Gasteiger partial charge is 0.459 e. The Morgan fingerprint density at radius 3 is 2.63 bits per heavy atom. The molecule has 0 N–H and O–H groups in total. The number of cyclic esters (lactones) is 1. The summed E-state index contributed by atoms with van der Waals surface area (Å²) in [5.41, 5.74) is 2.18. The second-order valence-electron chi connectivity index (χ2n) is 12.2. The topological polar surface area (TPSA) is 110 Å². The van der Waals surface area contributed by atoms with Crippen molar-refractivity contribution in [1.82, 2.24) is 0 Å². The Kier molecular flexibility index (Phi) is 12.0. The SMILES string of the molecule is C=C1C[C@H](C)C[C@@H]2CC=C[C@@H](C/C=C\C(=O)O[C@H]([C@H](/C=C/[C@@H]3CC(C)=CCO3)OC(C)=O)C[C@H]3O[C@H]3[C@@H](OC(C)=O)C1)O2. The Hall–Kier alpha value is -3.01. The van der Waals surface area contributed by atoms with E-state index in [4.69, 9.17) is 28.4 Å². The van der Waals surface area contributed by atoms with Gasteiger partial charge in [0, 0.05) is 32.8 Å². The van der Waals surface area contributed by atoms with Crippen molar-refractivity contribution in [2.45, 2.75) is 121 Å². The fraction of sp³-hybridized carbons (Fsp3) is 0.618. The minimum atomic E-state index is -0.867. The van der Waals surface area contributed by atoms with Crippen molar-refractivity contribution in [3.8, 4) is 0 Å². The molecule has 0 spiro atoms. The quantitative estimate of drug-likeness (QED) is 0.181. The molecule has 0 unspecified atom stereocenters. The fourth-order valence-electron chi connectivity index (χ4n) is 6.05. The lowest BCUT2D eigenvalue weighted by Crippen LogP contribution is -2.36. The van der Waals surface area contributed by atoms with Crippen LogP contribution in [-0.2, 0) is 42.8 Å². The molecule has 4 aliphatic rings. The minimum Gasteiger partial charge on any atom is -0.459 e. The number of ether oxygens (including phenoxy) is 6. The lowest BCUT2D eigenvalue weighted by molar-refractivity contribution is -0.160. The van der Waals surface area contributed by atoms with E-state index in [0.717, 1.165) is 31.3 Å². The summed E-state index contributed by atoms with van der Waals surface area (Å²) in [5, 5.41) is 0. The van der Waals surface area contributed by atoms with Crippen molar-refractivity contribution in [1.29, 1.82) is 0 Å². The average Bonchev–Trinajstić information content (AvgIpc) is 3.68. The van der Waals surface area contributed by atoms with Crippen molar-refractivity contribution in [3.63, 3.8) is 0 Å². The smallest absolute Gasteiger partial charge is 0.330 e. The highest BCUT2D eigenvalue weighted by Crippen LogP contribution is 2.37. The molecule has 0 radical (unpaired) electrons. The van der Waals surface area contributed by atoms with Gasteiger partial charge in [-0.05, 0) is 51.0 Å². The number of fused-ring (bicyclic) bond motifs is 3. The number of carbonyl (C=O) groups excluding carboxylic acids is 3. The first-order valence-electron chi connectivity index (χ1n) is 15.4. The summed E-state index contributed by atoms with van der Waals surface area (Å²) >= 11 is 0. The van der Waals surface area contributed by atoms with Crippen LogP contribution in [0.3, 0.4) is 0 Å². The van der Waals surface area contributed by atoms with Gasteiger partial charge < -0.3 is 28.4 Å². The molecule has 4 aliphatic heterocycles. The molecule has 43 heavy (non-hydrogen) atoms. The summed E-state index contributed by atoms with van der Waals surface area (Å²) in [4.78, 5) is 37.2. The standard InChI is InChI=1S/C34H46O9/c1-21-14-15-38-27(17-21)12-13-29(39-24(4)35)30-20-32-34(43-32)31(40-25(5)36)19-23(3)16-22(2)18-28-10-6-8-26(41-28)9-7-11-33(37)42-30/h6-8,11-14,22,26-32,34H,3,9-10,15-20H2,1-2,4-5H3/b11-7-,13-12+/t22-,26-,27+,28-,29-,30-,31-,32+,34-/m0/s1. The highest BCUT2D eigenvalue weighted by molar-refractivity contribution is 5.82. The number of rotatable bonds is 5. The number of epoxide rings is 1. The molecule has 0 aromatic carbocycles. The lowest BCUT2D eigenvalue weighted by atomic mass is 9.90. The number of hydrogen-bond donors (Lipinski definition) is 0. The van der Waals surface area contributed by atoms with Crippen LogP contribution in [0.15, 0.2) is 60.3 Å². The molecule has 9 atom stereocenters. The predicted octanol–water partition coefficient (Wildman–Crippen LogP) is 5.25. The molecular weight excluding hydrogens is 552 g/mol. The normalized spacial score (nSPS) is 35.4. The van der Waals surface area contributed by atoms with Crippen molar-refractivity contribution >= 4 is 17.9 Å². The summed E-state index contributed by atoms with van der Waals surface area (Å²) in [7, 11) is 0. The summed E-state index contributed by atoms with van der Waals surface area (Å²) in [6.45, 7) is 11.7. The zero-order valence-corrected chi connectivity index (χ0v) is 25.8. The van der Waals surface area contributed by atoms with Crippen LogP contribution < -0.4 is 0 Å². The molecule has 4 heterocycles. The van der Waals surface area contributed by atoms with Crippen LogP contribution in [-0.4, -0.2) is 73.3 Å². The fourth-order valence-corrected chi connectivity index (χ4v) is 6.05. The zero-order chi connectivity index (χ0) is 30.9. The first kappa shape index (κ1) is 32.9. The molecule has 4 rings (SSSR count). The first-order chi connectivity index (χ1) is 20.5. The van der Waals surface area contributed by atoms with Gasteiger partial charge in [-0.25, -0.2) is 4.79 Å². The van der Waals surface area contributed by atoms with Gasteiger partial charge in [0.05, 0.1) is 31.0 Å². The molecular formula is C34H46O9. The third-order valence-electron chi connectivity index (χ3n) is 8.02. The molecule has 1 saturated heterocycles. The number of carbonyl (C=O) groups is 3. The molecule has 1 fully saturated rings. The Labute approximate surface area is 254 Å². The van der Waals surface area contributed by atoms with E-state index in [1.165, 1.54) is 25.5 Å². The van der Waals surface area contributed by atoms with Gasteiger partial charge in [-0.15, -0.1) is 0 Å². The van der Waals surface area contributed by atoms with Crippen molar-refractivity contribution in [3.05, 3.63) is 60.3 Å². The van der Waals surface area contributed by atoms with Gasteiger partial charge in [-0.3, -0.25) is 9.59 Å². The van der Waals surface area contributed by atoms with E-state index in [-0.39, 0.29) is 30.8 Å². The Morgan fingerprint density at radius 1 is 1.07 bits per heavy atom. The zero-order valence-electron chi connectivity index (χ0n) is 25.8. The van der Waals surface area contributed by atoms with E-state index in [1.807, 2.05) is 25.2 Å². The first-order valence-corrected chi connectivity index (χ1v) is 15.4. The molecule has 0 amide bonds. The molecule has 0 aromatic heterocycles. The maximum absolute atomic E-state index is 13.0. The highest BCUT2D eigenvalue weighted by atomic mass is 16.6. The van der Waals surface area contributed by atoms with E-state index in [1.54, 1.807) is 12.2 Å². The number of hydrogen-bond acceptors (Lipinski definition) is 9. The molecule has 0 aliphatic carbocycles. The third kappa shape index (κ3) is 10.9. The average molecular weight is 599 g/mol. The predicted molar refractivity (Wildman–Crippen MR) is 160 cm³/mol. The van der Waals surface area contributed by atoms with Gasteiger partial charge in [-0.1, -0.05) is 55.0 Å². The summed E-state index contributed by atoms with van der Waals surface area (Å²) in [6.07, 6.45) is 14.1. The lowest BCUT2D eigenvalue weighted by Gasteiger charge is -2.28. The molecule has 0 aromatic rings. The molecule has 2 bridgehead atoms. The van der Waals surface area contributed by atoms with Crippen LogP contribution in [0.5, 0.6) is 0 Å². The van der Waals surface area contributed by atoms with Gasteiger partial charge in [0.15, 0.2) is 6.10 Å². The molecule has 9 nitrogen and oxygen atoms in total. The molecule has 9 heteroatoms. The second-order valence-corrected chi connectivity index (χ2v) is 12.2. The van der Waals surface area contributed by atoms with E-state index in [9.17, 15) is 14.4 Å². The van der Waals surface area contributed by atoms with Crippen LogP contribution in [0.25, 0.3) is 0 Å². The van der Waals surface area contributed by atoms with Crippen molar-refractivity contribution in [2.24, 2.45) is 5.92 Å². The van der Waals surface area contributed by atoms with E-state index in [0.29, 0.717) is 25.4 Å². The molecule has 236 valence electrons. The van der Waals surface area contributed by atoms with Crippen molar-refractivity contribution in [2.75, 3.05) is 6.61 Å². The monoisotopic (exact) mass is 598 g/mol. The highest BCUT2D eigenvalue weighted by Gasteiger charge is 2.49. The number of esters is 3. The maximum Gasteiger partial charge on any atom is 0.330 e. The third-order valence-corrected chi connectivity index (χ3v) is 8.02. The Morgan fingerprint density at radius 2 is 1.88 bits per heavy atom. The maximum atomic E-state index is 13.0. The van der Waals surface area contributed by atoms with Crippen molar-refractivity contribution < 1.29 is 42.8 Å². The summed E-state index contributed by atoms with van der Waals surface area (Å²) in [6, 6.07) is 0. The Balaban J connectivity index is 1.57. The van der Waals surface area contributed by atoms with Crippen LogP contribution in [0.2, 0.25) is 0 Å². The summed E-state index contributed by atoms with van der Waals surface area (Å²) in [5.74, 6) is -1.14. The van der Waals surface area contributed by atoms with Crippen LogP contribution in [0, 0.1) is 5.92 Å². The summed E-state index contributed by atoms with van der Waals surface area (Å²) < 4.78 is 35.3. The van der Waals surface area contributed by atoms with E-state index < -0.39 is 42.3 Å². The second kappa shape index (κ2) is 15.6. The minimum absolute atomic E-state index is 0.0746. The van der Waals surface area contributed by atoms with Gasteiger partial charge in [0.25, 0.3) is 0 Å². The van der Waals surface area contributed by atoms with Crippen LogP contribution >= 0.6 is 0 Å². The van der Waals surface area contributed by atoms with E-state index >= 15 is 0 Å². The van der Waals surface area contributed by atoms with Gasteiger partial charge in [-0.2, -0.15) is 0 Å². The van der Waals surface area contributed by atoms with Crippen LogP contribution in [0.1, 0.15) is 72.6 Å².